The van der Waals surface area contributed by atoms with Crippen molar-refractivity contribution in [1.82, 2.24) is 10.3 Å². The van der Waals surface area contributed by atoms with Crippen LogP contribution in [0.2, 0.25) is 0 Å². The second-order valence-corrected chi connectivity index (χ2v) is 4.78. The fourth-order valence-corrected chi connectivity index (χ4v) is 2.01. The van der Waals surface area contributed by atoms with Crippen molar-refractivity contribution in [2.75, 3.05) is 5.32 Å². The van der Waals surface area contributed by atoms with Crippen molar-refractivity contribution in [2.24, 2.45) is 0 Å². The summed E-state index contributed by atoms with van der Waals surface area (Å²) in [7, 11) is 0. The molecule has 1 aromatic carbocycles. The topological polar surface area (TPSA) is 94.2 Å². The van der Waals surface area contributed by atoms with Crippen molar-refractivity contribution in [1.29, 1.82) is 0 Å². The first-order chi connectivity index (χ1) is 9.97. The molecule has 0 saturated heterocycles. The number of carbonyl (C=O) groups excluding carboxylic acids is 1. The minimum atomic E-state index is -1.11. The van der Waals surface area contributed by atoms with Crippen LogP contribution < -0.4 is 10.6 Å². The lowest BCUT2D eigenvalue weighted by Crippen LogP contribution is -2.28. The number of benzene rings is 1. The number of hydrogen-bond acceptors (Lipinski definition) is 2. The first-order valence-corrected chi connectivity index (χ1v) is 6.49. The van der Waals surface area contributed by atoms with Gasteiger partial charge in [-0.15, -0.1) is 0 Å². The first kappa shape index (κ1) is 14.6. The van der Waals surface area contributed by atoms with E-state index < -0.39 is 12.0 Å². The Morgan fingerprint density at radius 1 is 1.24 bits per heavy atom. The number of aryl methyl sites for hydroxylation is 2. The molecule has 0 spiro atoms. The number of rotatable bonds is 4. The Hall–Kier alpha value is -2.76. The van der Waals surface area contributed by atoms with Gasteiger partial charge < -0.3 is 20.7 Å². The van der Waals surface area contributed by atoms with Crippen LogP contribution in [-0.4, -0.2) is 22.1 Å². The maximum absolute atomic E-state index is 11.9. The van der Waals surface area contributed by atoms with Crippen LogP contribution >= 0.6 is 0 Å². The zero-order chi connectivity index (χ0) is 15.4. The van der Waals surface area contributed by atoms with Gasteiger partial charge in [0.05, 0.1) is 5.69 Å². The molecule has 0 atom stereocenters. The van der Waals surface area contributed by atoms with Gasteiger partial charge in [0.15, 0.2) is 0 Å². The molecule has 110 valence electrons. The van der Waals surface area contributed by atoms with Crippen LogP contribution in [-0.2, 0) is 6.54 Å². The molecule has 0 fully saturated rings. The van der Waals surface area contributed by atoms with Crippen molar-refractivity contribution in [3.05, 3.63) is 52.8 Å². The van der Waals surface area contributed by atoms with Crippen molar-refractivity contribution >= 4 is 17.7 Å². The molecule has 0 aliphatic rings. The molecule has 0 radical (unpaired) electrons. The van der Waals surface area contributed by atoms with Gasteiger partial charge in [-0.05, 0) is 31.0 Å². The van der Waals surface area contributed by atoms with Gasteiger partial charge in [0, 0.05) is 12.2 Å². The van der Waals surface area contributed by atoms with E-state index in [1.165, 1.54) is 0 Å². The molecule has 21 heavy (non-hydrogen) atoms. The van der Waals surface area contributed by atoms with E-state index in [9.17, 15) is 9.59 Å². The van der Waals surface area contributed by atoms with Crippen molar-refractivity contribution < 1.29 is 14.7 Å². The molecule has 6 nitrogen and oxygen atoms in total. The quantitative estimate of drug-likeness (QED) is 0.696. The number of carbonyl (C=O) groups is 2. The summed E-state index contributed by atoms with van der Waals surface area (Å²) in [6, 6.07) is 8.86. The van der Waals surface area contributed by atoms with Crippen LogP contribution in [0.1, 0.15) is 27.3 Å². The van der Waals surface area contributed by atoms with E-state index in [-0.39, 0.29) is 11.4 Å². The molecular formula is C15H17N3O3. The molecular weight excluding hydrogens is 270 g/mol. The van der Waals surface area contributed by atoms with E-state index in [2.05, 4.69) is 15.6 Å². The largest absolute Gasteiger partial charge is 0.477 e. The smallest absolute Gasteiger partial charge is 0.354 e. The molecule has 0 aliphatic carbocycles. The number of H-pyrrole nitrogens is 1. The maximum Gasteiger partial charge on any atom is 0.354 e. The number of carboxylic acid groups (broad SMARTS) is 1. The highest BCUT2D eigenvalue weighted by molar-refractivity contribution is 5.99. The number of aromatic carboxylic acids is 1. The van der Waals surface area contributed by atoms with Crippen LogP contribution in [0.25, 0.3) is 0 Å². The predicted octanol–water partition coefficient (Wildman–Crippen LogP) is 2.65. The fourth-order valence-electron chi connectivity index (χ4n) is 2.01. The zero-order valence-corrected chi connectivity index (χ0v) is 11.9. The molecule has 0 saturated carbocycles. The average molecular weight is 287 g/mol. The summed E-state index contributed by atoms with van der Waals surface area (Å²) in [6.45, 7) is 4.07. The lowest BCUT2D eigenvalue weighted by atomic mass is 10.1. The molecule has 0 bridgehead atoms. The van der Waals surface area contributed by atoms with Crippen LogP contribution in [0.4, 0.5) is 10.5 Å². The summed E-state index contributed by atoms with van der Waals surface area (Å²) < 4.78 is 0. The standard InChI is InChI=1S/C15H17N3O3/c1-9-5-3-4-6-11(9)8-16-15(21)18-12-7-10(2)17-13(12)14(19)20/h3-7,17H,8H2,1-2H3,(H,19,20)(H2,16,18,21). The Bertz CT molecular complexity index is 677. The van der Waals surface area contributed by atoms with Crippen LogP contribution in [0.5, 0.6) is 0 Å². The number of carboxylic acids is 1. The third-order valence-electron chi connectivity index (χ3n) is 3.12. The molecule has 0 unspecified atom stereocenters. The molecule has 2 aromatic rings. The summed E-state index contributed by atoms with van der Waals surface area (Å²) >= 11 is 0. The van der Waals surface area contributed by atoms with Crippen molar-refractivity contribution in [3.8, 4) is 0 Å². The van der Waals surface area contributed by atoms with Gasteiger partial charge in [-0.25, -0.2) is 9.59 Å². The van der Waals surface area contributed by atoms with E-state index >= 15 is 0 Å². The Morgan fingerprint density at radius 3 is 2.62 bits per heavy atom. The lowest BCUT2D eigenvalue weighted by Gasteiger charge is -2.09. The van der Waals surface area contributed by atoms with Gasteiger partial charge in [0.25, 0.3) is 0 Å². The van der Waals surface area contributed by atoms with Crippen molar-refractivity contribution in [2.45, 2.75) is 20.4 Å². The minimum absolute atomic E-state index is 0.0291. The molecule has 1 aromatic heterocycles. The normalized spacial score (nSPS) is 10.2. The maximum atomic E-state index is 11.9. The zero-order valence-electron chi connectivity index (χ0n) is 11.9. The average Bonchev–Trinajstić information content (AvgIpc) is 2.79. The first-order valence-electron chi connectivity index (χ1n) is 6.49. The van der Waals surface area contributed by atoms with Gasteiger partial charge in [-0.1, -0.05) is 24.3 Å². The summed E-state index contributed by atoms with van der Waals surface area (Å²) in [5.41, 5.74) is 2.99. The molecule has 2 amide bonds. The SMILES string of the molecule is Cc1cc(NC(=O)NCc2ccccc2C)c(C(=O)O)[nH]1. The molecule has 2 rings (SSSR count). The summed E-state index contributed by atoms with van der Waals surface area (Å²) in [4.78, 5) is 25.6. The third kappa shape index (κ3) is 3.62. The number of hydrogen-bond donors (Lipinski definition) is 4. The number of nitrogens with one attached hydrogen (secondary N) is 3. The Labute approximate surface area is 122 Å². The number of anilines is 1. The van der Waals surface area contributed by atoms with Gasteiger partial charge in [0.1, 0.15) is 5.69 Å². The monoisotopic (exact) mass is 287 g/mol. The summed E-state index contributed by atoms with van der Waals surface area (Å²) in [6.07, 6.45) is 0. The van der Waals surface area contributed by atoms with Crippen LogP contribution in [0, 0.1) is 13.8 Å². The Balaban J connectivity index is 1.99. The number of aromatic nitrogens is 1. The number of urea groups is 1. The van der Waals surface area contributed by atoms with Gasteiger partial charge >= 0.3 is 12.0 Å². The summed E-state index contributed by atoms with van der Waals surface area (Å²) in [5, 5.41) is 14.3. The fraction of sp³-hybridized carbons (Fsp3) is 0.200. The second-order valence-electron chi connectivity index (χ2n) is 4.78. The Kier molecular flexibility index (Phi) is 4.27. The highest BCUT2D eigenvalue weighted by Gasteiger charge is 2.15. The highest BCUT2D eigenvalue weighted by Crippen LogP contribution is 2.16. The highest BCUT2D eigenvalue weighted by atomic mass is 16.4. The number of aromatic amines is 1. The van der Waals surface area contributed by atoms with E-state index in [1.807, 2.05) is 31.2 Å². The van der Waals surface area contributed by atoms with E-state index in [0.717, 1.165) is 11.1 Å². The second kappa shape index (κ2) is 6.13. The third-order valence-corrected chi connectivity index (χ3v) is 3.12. The summed E-state index contributed by atoms with van der Waals surface area (Å²) in [5.74, 6) is -1.11. The molecule has 6 heteroatoms. The van der Waals surface area contributed by atoms with Crippen molar-refractivity contribution in [3.63, 3.8) is 0 Å². The minimum Gasteiger partial charge on any atom is -0.477 e. The number of amides is 2. The Morgan fingerprint density at radius 2 is 1.95 bits per heavy atom. The predicted molar refractivity (Wildman–Crippen MR) is 79.5 cm³/mol. The van der Waals surface area contributed by atoms with E-state index in [0.29, 0.717) is 12.2 Å². The lowest BCUT2D eigenvalue weighted by molar-refractivity contribution is 0.0692. The van der Waals surface area contributed by atoms with E-state index in [4.69, 9.17) is 5.11 Å². The molecule has 4 N–H and O–H groups in total. The van der Waals surface area contributed by atoms with Crippen LogP contribution in [0.3, 0.4) is 0 Å². The molecule has 1 heterocycles. The van der Waals surface area contributed by atoms with Gasteiger partial charge in [0.2, 0.25) is 0 Å². The van der Waals surface area contributed by atoms with Gasteiger partial charge in [-0.2, -0.15) is 0 Å². The van der Waals surface area contributed by atoms with E-state index in [1.54, 1.807) is 13.0 Å². The van der Waals surface area contributed by atoms with Gasteiger partial charge in [-0.3, -0.25) is 0 Å². The molecule has 0 aliphatic heterocycles. The van der Waals surface area contributed by atoms with Crippen LogP contribution in [0.15, 0.2) is 30.3 Å².